The minimum absolute atomic E-state index is 0.344. The Hall–Kier alpha value is -2.77. The zero-order valence-electron chi connectivity index (χ0n) is 17.8. The molecule has 0 saturated heterocycles. The Kier molecular flexibility index (Phi) is 13.0. The molecule has 0 aromatic carbocycles. The maximum Gasteiger partial charge on any atom is 0.326 e. The van der Waals surface area contributed by atoms with E-state index in [4.69, 9.17) is 22.3 Å². The molecule has 13 nitrogen and oxygen atoms in total. The molecule has 4 atom stereocenters. The van der Waals surface area contributed by atoms with Crippen LogP contribution < -0.4 is 33.2 Å². The number of nitrogens with two attached hydrogens (primary N) is 3. The van der Waals surface area contributed by atoms with E-state index in [1.165, 1.54) is 0 Å². The van der Waals surface area contributed by atoms with E-state index in [2.05, 4.69) is 16.0 Å². The van der Waals surface area contributed by atoms with E-state index in [1.54, 1.807) is 13.8 Å². The van der Waals surface area contributed by atoms with Gasteiger partial charge in [0.25, 0.3) is 0 Å². The van der Waals surface area contributed by atoms with Gasteiger partial charge < -0.3 is 43.4 Å². The lowest BCUT2D eigenvalue weighted by Crippen LogP contribution is -2.59. The number of carbonyl (C=O) groups excluding carboxylic acids is 4. The number of hydrogen-bond donors (Lipinski definition) is 8. The molecule has 4 amide bonds. The highest BCUT2D eigenvalue weighted by Crippen LogP contribution is 2.05. The van der Waals surface area contributed by atoms with Gasteiger partial charge >= 0.3 is 5.97 Å². The molecule has 0 bridgehead atoms. The lowest BCUT2D eigenvalue weighted by molar-refractivity contribution is -0.144. The highest BCUT2D eigenvalue weighted by molar-refractivity contribution is 5.95. The van der Waals surface area contributed by atoms with E-state index < -0.39 is 72.7 Å². The molecule has 0 rings (SSSR count). The quantitative estimate of drug-likeness (QED) is 0.116. The van der Waals surface area contributed by atoms with Crippen molar-refractivity contribution in [2.45, 2.75) is 63.7 Å². The van der Waals surface area contributed by atoms with Crippen molar-refractivity contribution in [3.63, 3.8) is 0 Å². The number of rotatable bonds is 15. The standard InChI is InChI=1S/C18H34N6O7/c1-9(2)14(17(29)22-11(18(30)31)7-13(21)26)24-16(28)12(8-25)23-15(27)10(20)5-3-4-6-19/h9-12,14,25H,3-8,19-20H2,1-2H3,(H2,21,26)(H,22,29)(H,23,27)(H,24,28)(H,30,31). The van der Waals surface area contributed by atoms with Crippen molar-refractivity contribution in [2.75, 3.05) is 13.2 Å². The van der Waals surface area contributed by atoms with Gasteiger partial charge in [0.15, 0.2) is 0 Å². The van der Waals surface area contributed by atoms with Crippen molar-refractivity contribution in [2.24, 2.45) is 23.1 Å². The molecule has 0 aliphatic rings. The van der Waals surface area contributed by atoms with Crippen LogP contribution in [-0.4, -0.2) is 77.1 Å². The molecule has 0 fully saturated rings. The summed E-state index contributed by atoms with van der Waals surface area (Å²) in [4.78, 5) is 59.3. The molecular weight excluding hydrogens is 412 g/mol. The molecule has 0 aromatic heterocycles. The summed E-state index contributed by atoms with van der Waals surface area (Å²) in [6.07, 6.45) is 1.02. The zero-order chi connectivity index (χ0) is 24.1. The van der Waals surface area contributed by atoms with Crippen LogP contribution in [0.4, 0.5) is 0 Å². The number of unbranched alkanes of at least 4 members (excludes halogenated alkanes) is 1. The van der Waals surface area contributed by atoms with E-state index in [0.29, 0.717) is 25.8 Å². The maximum absolute atomic E-state index is 12.5. The number of hydrogen-bond acceptors (Lipinski definition) is 8. The highest BCUT2D eigenvalue weighted by atomic mass is 16.4. The van der Waals surface area contributed by atoms with Crippen molar-refractivity contribution in [3.8, 4) is 0 Å². The van der Waals surface area contributed by atoms with Crippen LogP contribution >= 0.6 is 0 Å². The number of nitrogens with one attached hydrogen (secondary N) is 3. The second kappa shape index (κ2) is 14.3. The van der Waals surface area contributed by atoms with E-state index in [9.17, 15) is 29.1 Å². The van der Waals surface area contributed by atoms with E-state index >= 15 is 0 Å². The van der Waals surface area contributed by atoms with Gasteiger partial charge in [-0.15, -0.1) is 0 Å². The number of amides is 4. The molecule has 13 heteroatoms. The molecule has 31 heavy (non-hydrogen) atoms. The van der Waals surface area contributed by atoms with Gasteiger partial charge in [-0.3, -0.25) is 19.2 Å². The fraction of sp³-hybridized carbons (Fsp3) is 0.722. The first-order valence-corrected chi connectivity index (χ1v) is 9.93. The number of primary amides is 1. The van der Waals surface area contributed by atoms with Crippen LogP contribution in [0.25, 0.3) is 0 Å². The van der Waals surface area contributed by atoms with Crippen LogP contribution in [0.15, 0.2) is 0 Å². The Morgan fingerprint density at radius 1 is 0.903 bits per heavy atom. The van der Waals surface area contributed by atoms with Crippen molar-refractivity contribution in [1.29, 1.82) is 0 Å². The molecule has 11 N–H and O–H groups in total. The van der Waals surface area contributed by atoms with Gasteiger partial charge in [0, 0.05) is 0 Å². The van der Waals surface area contributed by atoms with Gasteiger partial charge in [0.2, 0.25) is 23.6 Å². The zero-order valence-corrected chi connectivity index (χ0v) is 17.8. The number of carbonyl (C=O) groups is 5. The van der Waals surface area contributed by atoms with Crippen molar-refractivity contribution in [3.05, 3.63) is 0 Å². The third-order valence-electron chi connectivity index (χ3n) is 4.39. The molecule has 0 aromatic rings. The number of carboxylic acids is 1. The van der Waals surface area contributed by atoms with Crippen molar-refractivity contribution >= 4 is 29.6 Å². The predicted octanol–water partition coefficient (Wildman–Crippen LogP) is -3.49. The first kappa shape index (κ1) is 28.2. The number of aliphatic hydroxyl groups excluding tert-OH is 1. The maximum atomic E-state index is 12.5. The van der Waals surface area contributed by atoms with Crippen molar-refractivity contribution < 1.29 is 34.2 Å². The number of carboxylic acid groups (broad SMARTS) is 1. The normalized spacial score (nSPS) is 14.8. The summed E-state index contributed by atoms with van der Waals surface area (Å²) in [5.41, 5.74) is 16.1. The molecule has 0 aliphatic heterocycles. The van der Waals surface area contributed by atoms with Crippen LogP contribution in [0.1, 0.15) is 39.5 Å². The Labute approximate surface area is 180 Å². The molecule has 4 unspecified atom stereocenters. The topological polar surface area (TPSA) is 240 Å². The summed E-state index contributed by atoms with van der Waals surface area (Å²) in [5.74, 6) is -5.25. The van der Waals surface area contributed by atoms with Gasteiger partial charge in [0.1, 0.15) is 18.1 Å². The van der Waals surface area contributed by atoms with Gasteiger partial charge in [0.05, 0.1) is 19.1 Å². The van der Waals surface area contributed by atoms with Crippen LogP contribution in [0.5, 0.6) is 0 Å². The molecule has 0 saturated carbocycles. The smallest absolute Gasteiger partial charge is 0.326 e. The van der Waals surface area contributed by atoms with Crippen LogP contribution in [0.3, 0.4) is 0 Å². The summed E-state index contributed by atoms with van der Waals surface area (Å²) in [6, 6.07) is -5.04. The molecule has 178 valence electrons. The Bertz CT molecular complexity index is 643. The summed E-state index contributed by atoms with van der Waals surface area (Å²) in [7, 11) is 0. The second-order valence-corrected chi connectivity index (χ2v) is 7.43. The lowest BCUT2D eigenvalue weighted by atomic mass is 10.0. The molecular formula is C18H34N6O7. The summed E-state index contributed by atoms with van der Waals surface area (Å²) < 4.78 is 0. The fourth-order valence-electron chi connectivity index (χ4n) is 2.56. The fourth-order valence-corrected chi connectivity index (χ4v) is 2.56. The summed E-state index contributed by atoms with van der Waals surface area (Å²) >= 11 is 0. The third kappa shape index (κ3) is 10.7. The summed E-state index contributed by atoms with van der Waals surface area (Å²) in [5, 5.41) is 25.4. The first-order chi connectivity index (χ1) is 14.4. The molecule has 0 radical (unpaired) electrons. The van der Waals surface area contributed by atoms with Crippen LogP contribution in [0, 0.1) is 5.92 Å². The van der Waals surface area contributed by atoms with Crippen molar-refractivity contribution in [1.82, 2.24) is 16.0 Å². The molecule has 0 spiro atoms. The monoisotopic (exact) mass is 446 g/mol. The van der Waals surface area contributed by atoms with Crippen LogP contribution in [0.2, 0.25) is 0 Å². The average molecular weight is 447 g/mol. The van der Waals surface area contributed by atoms with Gasteiger partial charge in [-0.05, 0) is 25.3 Å². The third-order valence-corrected chi connectivity index (χ3v) is 4.39. The average Bonchev–Trinajstić information content (AvgIpc) is 2.68. The minimum atomic E-state index is -1.57. The SMILES string of the molecule is CC(C)C(NC(=O)C(CO)NC(=O)C(N)CCCCN)C(=O)NC(CC(N)=O)C(=O)O. The summed E-state index contributed by atoms with van der Waals surface area (Å²) in [6.45, 7) is 2.89. The Morgan fingerprint density at radius 2 is 1.48 bits per heavy atom. The van der Waals surface area contributed by atoms with Gasteiger partial charge in [-0.1, -0.05) is 20.3 Å². The predicted molar refractivity (Wildman–Crippen MR) is 110 cm³/mol. The van der Waals surface area contributed by atoms with E-state index in [-0.39, 0.29) is 0 Å². The van der Waals surface area contributed by atoms with Gasteiger partial charge in [-0.25, -0.2) is 4.79 Å². The lowest BCUT2D eigenvalue weighted by Gasteiger charge is -2.26. The Morgan fingerprint density at radius 3 is 1.94 bits per heavy atom. The molecule has 0 aliphatic carbocycles. The second-order valence-electron chi connectivity index (χ2n) is 7.43. The largest absolute Gasteiger partial charge is 0.480 e. The van der Waals surface area contributed by atoms with E-state index in [0.717, 1.165) is 0 Å². The van der Waals surface area contributed by atoms with Gasteiger partial charge in [-0.2, -0.15) is 0 Å². The highest BCUT2D eigenvalue weighted by Gasteiger charge is 2.32. The Balaban J connectivity index is 5.10. The molecule has 0 heterocycles. The van der Waals surface area contributed by atoms with E-state index in [1.807, 2.05) is 0 Å². The minimum Gasteiger partial charge on any atom is -0.480 e. The number of aliphatic carboxylic acids is 1. The first-order valence-electron chi connectivity index (χ1n) is 9.93. The van der Waals surface area contributed by atoms with Crippen LogP contribution in [-0.2, 0) is 24.0 Å². The number of aliphatic hydroxyl groups is 1.